The molecule has 3 rings (SSSR count). The molecule has 1 aromatic rings. The van der Waals surface area contributed by atoms with Crippen molar-refractivity contribution >= 4 is 5.96 Å². The Labute approximate surface area is 138 Å². The van der Waals surface area contributed by atoms with Gasteiger partial charge in [0.05, 0.1) is 18.3 Å². The summed E-state index contributed by atoms with van der Waals surface area (Å²) >= 11 is 0. The zero-order valence-corrected chi connectivity index (χ0v) is 14.7. The predicted octanol–water partition coefficient (Wildman–Crippen LogP) is 1.70. The first-order valence-corrected chi connectivity index (χ1v) is 8.59. The number of aliphatic imine (C=N–C) groups is 1. The minimum Gasteiger partial charge on any atom is -0.381 e. The number of nitrogens with one attached hydrogen (secondary N) is 2. The van der Waals surface area contributed by atoms with Gasteiger partial charge in [-0.2, -0.15) is 0 Å². The first-order chi connectivity index (χ1) is 11.0. The number of methoxy groups -OCH3 is 1. The van der Waals surface area contributed by atoms with Gasteiger partial charge in [0, 0.05) is 44.8 Å². The number of hydrogen-bond acceptors (Lipinski definition) is 3. The Balaban J connectivity index is 1.53. The molecule has 0 bridgehead atoms. The summed E-state index contributed by atoms with van der Waals surface area (Å²) in [6, 6.07) is 0.383. The molecule has 0 amide bonds. The van der Waals surface area contributed by atoms with Crippen LogP contribution in [0.3, 0.4) is 0 Å². The highest BCUT2D eigenvalue weighted by molar-refractivity contribution is 5.80. The monoisotopic (exact) mass is 319 g/mol. The Morgan fingerprint density at radius 1 is 1.48 bits per heavy atom. The maximum atomic E-state index is 5.51. The van der Waals surface area contributed by atoms with Gasteiger partial charge in [0.25, 0.3) is 0 Å². The summed E-state index contributed by atoms with van der Waals surface area (Å²) in [5.74, 6) is 2.06. The minimum absolute atomic E-state index is 0.125. The van der Waals surface area contributed by atoms with Crippen LogP contribution in [-0.2, 0) is 24.2 Å². The van der Waals surface area contributed by atoms with Gasteiger partial charge in [-0.3, -0.25) is 4.99 Å². The highest BCUT2D eigenvalue weighted by Gasteiger charge is 2.48. The molecular formula is C17H29N5O. The molecular weight excluding hydrogens is 290 g/mol. The van der Waals surface area contributed by atoms with Gasteiger partial charge < -0.3 is 19.9 Å². The second-order valence-corrected chi connectivity index (χ2v) is 7.20. The lowest BCUT2D eigenvalue weighted by Crippen LogP contribution is -2.63. The van der Waals surface area contributed by atoms with Crippen molar-refractivity contribution in [1.29, 1.82) is 0 Å². The molecule has 2 heterocycles. The van der Waals surface area contributed by atoms with E-state index in [0.29, 0.717) is 18.7 Å². The number of ether oxygens (including phenoxy) is 1. The van der Waals surface area contributed by atoms with Crippen LogP contribution in [0.2, 0.25) is 0 Å². The quantitative estimate of drug-likeness (QED) is 0.655. The predicted molar refractivity (Wildman–Crippen MR) is 91.5 cm³/mol. The fourth-order valence-electron chi connectivity index (χ4n) is 3.62. The Kier molecular flexibility index (Phi) is 4.62. The van der Waals surface area contributed by atoms with Crippen LogP contribution in [0.15, 0.2) is 11.2 Å². The first kappa shape index (κ1) is 16.3. The molecule has 0 spiro atoms. The van der Waals surface area contributed by atoms with E-state index in [0.717, 1.165) is 31.0 Å². The van der Waals surface area contributed by atoms with E-state index in [2.05, 4.69) is 40.2 Å². The number of fused-ring (bicyclic) bond motifs is 1. The maximum Gasteiger partial charge on any atom is 0.191 e. The molecule has 2 atom stereocenters. The molecule has 0 saturated heterocycles. The van der Waals surface area contributed by atoms with E-state index in [1.807, 2.05) is 7.05 Å². The summed E-state index contributed by atoms with van der Waals surface area (Å²) in [5.41, 5.74) is 1.22. The largest absolute Gasteiger partial charge is 0.381 e. The van der Waals surface area contributed by atoms with Crippen molar-refractivity contribution in [2.75, 3.05) is 14.2 Å². The van der Waals surface area contributed by atoms with Gasteiger partial charge in [0.1, 0.15) is 5.82 Å². The normalized spacial score (nSPS) is 26.3. The van der Waals surface area contributed by atoms with E-state index in [1.54, 1.807) is 7.11 Å². The summed E-state index contributed by atoms with van der Waals surface area (Å²) in [6.07, 6.45) is 7.12. The number of imidazole rings is 1. The van der Waals surface area contributed by atoms with Crippen LogP contribution < -0.4 is 10.6 Å². The molecule has 1 aliphatic heterocycles. The van der Waals surface area contributed by atoms with Crippen molar-refractivity contribution < 1.29 is 4.74 Å². The van der Waals surface area contributed by atoms with Crippen LogP contribution in [-0.4, -0.2) is 41.8 Å². The van der Waals surface area contributed by atoms with Crippen LogP contribution in [0.5, 0.6) is 0 Å². The summed E-state index contributed by atoms with van der Waals surface area (Å²) in [4.78, 5) is 9.06. The van der Waals surface area contributed by atoms with Crippen LogP contribution in [0.1, 0.15) is 44.6 Å². The van der Waals surface area contributed by atoms with Crippen molar-refractivity contribution in [2.24, 2.45) is 10.4 Å². The molecule has 1 saturated carbocycles. The van der Waals surface area contributed by atoms with E-state index in [4.69, 9.17) is 9.72 Å². The van der Waals surface area contributed by atoms with Crippen molar-refractivity contribution in [3.63, 3.8) is 0 Å². The standard InChI is InChI=1S/C17H29N5O/c1-17(2)13(9-14(17)23-4)21-16(18-3)19-10-12-11-22-8-6-5-7-15(22)20-12/h11,13-14H,5-10H2,1-4H3,(H2,18,19,21). The molecule has 128 valence electrons. The van der Waals surface area contributed by atoms with Gasteiger partial charge in [0.2, 0.25) is 0 Å². The lowest BCUT2D eigenvalue weighted by molar-refractivity contribution is -0.0922. The van der Waals surface area contributed by atoms with Crippen LogP contribution in [0.4, 0.5) is 0 Å². The first-order valence-electron chi connectivity index (χ1n) is 8.59. The SMILES string of the molecule is CN=C(NCc1cn2c(n1)CCCC2)NC1CC(OC)C1(C)C. The zero-order chi connectivity index (χ0) is 16.4. The van der Waals surface area contributed by atoms with E-state index in [1.165, 1.54) is 18.7 Å². The summed E-state index contributed by atoms with van der Waals surface area (Å²) in [6.45, 7) is 6.28. The molecule has 1 fully saturated rings. The number of nitrogens with zero attached hydrogens (tertiary/aromatic N) is 3. The third-order valence-corrected chi connectivity index (χ3v) is 5.39. The van der Waals surface area contributed by atoms with Gasteiger partial charge in [-0.1, -0.05) is 13.8 Å². The van der Waals surface area contributed by atoms with E-state index < -0.39 is 0 Å². The lowest BCUT2D eigenvalue weighted by Gasteiger charge is -2.51. The number of hydrogen-bond donors (Lipinski definition) is 2. The summed E-state index contributed by atoms with van der Waals surface area (Å²) in [7, 11) is 3.60. The highest BCUT2D eigenvalue weighted by atomic mass is 16.5. The Hall–Kier alpha value is -1.56. The van der Waals surface area contributed by atoms with Crippen LogP contribution in [0.25, 0.3) is 0 Å². The number of aryl methyl sites for hydroxylation is 2. The molecule has 0 aromatic carbocycles. The zero-order valence-electron chi connectivity index (χ0n) is 14.7. The second kappa shape index (κ2) is 6.51. The van der Waals surface area contributed by atoms with Crippen molar-refractivity contribution in [3.8, 4) is 0 Å². The minimum atomic E-state index is 0.125. The van der Waals surface area contributed by atoms with Gasteiger partial charge in [0.15, 0.2) is 5.96 Å². The average molecular weight is 319 g/mol. The molecule has 2 N–H and O–H groups in total. The van der Waals surface area contributed by atoms with E-state index >= 15 is 0 Å². The molecule has 6 nitrogen and oxygen atoms in total. The van der Waals surface area contributed by atoms with E-state index in [9.17, 15) is 0 Å². The van der Waals surface area contributed by atoms with E-state index in [-0.39, 0.29) is 5.41 Å². The van der Waals surface area contributed by atoms with Gasteiger partial charge >= 0.3 is 0 Å². The van der Waals surface area contributed by atoms with Gasteiger partial charge in [-0.05, 0) is 19.3 Å². The summed E-state index contributed by atoms with van der Waals surface area (Å²) in [5, 5.41) is 6.90. The topological polar surface area (TPSA) is 63.5 Å². The molecule has 6 heteroatoms. The average Bonchev–Trinajstić information content (AvgIpc) is 2.96. The third kappa shape index (κ3) is 3.22. The fraction of sp³-hybridized carbons (Fsp3) is 0.765. The second-order valence-electron chi connectivity index (χ2n) is 7.20. The van der Waals surface area contributed by atoms with Gasteiger partial charge in [-0.25, -0.2) is 4.98 Å². The molecule has 2 aliphatic rings. The van der Waals surface area contributed by atoms with Crippen molar-refractivity contribution in [2.45, 2.75) is 64.8 Å². The molecule has 1 aromatic heterocycles. The lowest BCUT2D eigenvalue weighted by atomic mass is 9.64. The molecule has 0 radical (unpaired) electrons. The van der Waals surface area contributed by atoms with Crippen molar-refractivity contribution in [3.05, 3.63) is 17.7 Å². The number of guanidine groups is 1. The Morgan fingerprint density at radius 2 is 2.30 bits per heavy atom. The molecule has 23 heavy (non-hydrogen) atoms. The smallest absolute Gasteiger partial charge is 0.191 e. The molecule has 2 unspecified atom stereocenters. The maximum absolute atomic E-state index is 5.51. The third-order valence-electron chi connectivity index (χ3n) is 5.39. The number of rotatable bonds is 4. The Bertz CT molecular complexity index is 554. The van der Waals surface area contributed by atoms with Crippen molar-refractivity contribution in [1.82, 2.24) is 20.2 Å². The summed E-state index contributed by atoms with van der Waals surface area (Å²) < 4.78 is 7.80. The van der Waals surface area contributed by atoms with Crippen LogP contribution in [0, 0.1) is 5.41 Å². The van der Waals surface area contributed by atoms with Crippen LogP contribution >= 0.6 is 0 Å². The number of aromatic nitrogens is 2. The molecule has 1 aliphatic carbocycles. The highest BCUT2D eigenvalue weighted by Crippen LogP contribution is 2.42. The fourth-order valence-corrected chi connectivity index (χ4v) is 3.62. The van der Waals surface area contributed by atoms with Gasteiger partial charge in [-0.15, -0.1) is 0 Å². The Morgan fingerprint density at radius 3 is 2.96 bits per heavy atom.